The number of aliphatic carboxylic acids is 1. The first kappa shape index (κ1) is 13.2. The van der Waals surface area contributed by atoms with Crippen LogP contribution in [-0.4, -0.2) is 30.1 Å². The fraction of sp³-hybridized carbons (Fsp3) is 0.333. The van der Waals surface area contributed by atoms with Crippen LogP contribution in [0.2, 0.25) is 0 Å². The van der Waals surface area contributed by atoms with E-state index in [1.807, 2.05) is 6.07 Å². The van der Waals surface area contributed by atoms with Gasteiger partial charge in [0.15, 0.2) is 6.10 Å². The Morgan fingerprint density at radius 3 is 2.35 bits per heavy atom. The van der Waals surface area contributed by atoms with E-state index in [9.17, 15) is 9.59 Å². The molecular weight excluding hydrogens is 222 g/mol. The van der Waals surface area contributed by atoms with E-state index in [1.165, 1.54) is 14.0 Å². The maximum atomic E-state index is 11.8. The summed E-state index contributed by atoms with van der Waals surface area (Å²) in [6.45, 7) is 1.40. The molecule has 0 fully saturated rings. The van der Waals surface area contributed by atoms with Crippen molar-refractivity contribution >= 4 is 11.9 Å². The molecule has 1 rings (SSSR count). The predicted molar refractivity (Wildman–Crippen MR) is 61.4 cm³/mol. The highest BCUT2D eigenvalue weighted by Gasteiger charge is 2.23. The van der Waals surface area contributed by atoms with Gasteiger partial charge < -0.3 is 15.2 Å². The third kappa shape index (κ3) is 3.57. The summed E-state index contributed by atoms with van der Waals surface area (Å²) < 4.78 is 5.07. The van der Waals surface area contributed by atoms with Gasteiger partial charge in [0.2, 0.25) is 0 Å². The van der Waals surface area contributed by atoms with Crippen molar-refractivity contribution in [3.8, 4) is 0 Å². The maximum absolute atomic E-state index is 11.8. The third-order valence-electron chi connectivity index (χ3n) is 2.31. The molecule has 0 spiro atoms. The average molecular weight is 237 g/mol. The first-order chi connectivity index (χ1) is 8.06. The minimum Gasteiger partial charge on any atom is -0.480 e. The van der Waals surface area contributed by atoms with Crippen molar-refractivity contribution in [1.29, 1.82) is 0 Å². The minimum absolute atomic E-state index is 0.464. The van der Waals surface area contributed by atoms with E-state index < -0.39 is 24.0 Å². The second-order valence-electron chi connectivity index (χ2n) is 3.59. The number of amides is 1. The highest BCUT2D eigenvalue weighted by molar-refractivity contribution is 5.86. The fourth-order valence-electron chi connectivity index (χ4n) is 1.37. The number of ether oxygens (including phenoxy) is 1. The highest BCUT2D eigenvalue weighted by Crippen LogP contribution is 2.16. The zero-order valence-corrected chi connectivity index (χ0v) is 9.71. The quantitative estimate of drug-likeness (QED) is 0.800. The molecule has 1 amide bonds. The number of carbonyl (C=O) groups is 2. The highest BCUT2D eigenvalue weighted by atomic mass is 16.5. The standard InChI is InChI=1S/C12H15NO4/c1-8(12(15)16)13-11(14)10(17-2)9-6-4-3-5-7-9/h3-8,10H,1-2H3,(H,13,14)(H,15,16)/t8-,10+/m0/s1. The minimum atomic E-state index is -1.08. The van der Waals surface area contributed by atoms with Gasteiger partial charge in [-0.2, -0.15) is 0 Å². The smallest absolute Gasteiger partial charge is 0.325 e. The molecule has 1 aromatic carbocycles. The molecule has 2 N–H and O–H groups in total. The van der Waals surface area contributed by atoms with E-state index in [2.05, 4.69) is 5.32 Å². The molecule has 0 heterocycles. The van der Waals surface area contributed by atoms with Crippen molar-refractivity contribution in [2.45, 2.75) is 19.1 Å². The van der Waals surface area contributed by atoms with E-state index >= 15 is 0 Å². The van der Waals surface area contributed by atoms with Crippen LogP contribution < -0.4 is 5.32 Å². The van der Waals surface area contributed by atoms with Gasteiger partial charge in [0.05, 0.1) is 0 Å². The van der Waals surface area contributed by atoms with E-state index in [1.54, 1.807) is 24.3 Å². The summed E-state index contributed by atoms with van der Waals surface area (Å²) in [5.41, 5.74) is 0.685. The van der Waals surface area contributed by atoms with Crippen LogP contribution in [0.1, 0.15) is 18.6 Å². The molecule has 17 heavy (non-hydrogen) atoms. The number of benzene rings is 1. The average Bonchev–Trinajstić information content (AvgIpc) is 2.31. The van der Waals surface area contributed by atoms with E-state index in [0.29, 0.717) is 5.56 Å². The molecule has 5 nitrogen and oxygen atoms in total. The summed E-state index contributed by atoms with van der Waals surface area (Å²) in [5, 5.41) is 11.1. The monoisotopic (exact) mass is 237 g/mol. The zero-order chi connectivity index (χ0) is 12.8. The van der Waals surface area contributed by atoms with Crippen molar-refractivity contribution in [1.82, 2.24) is 5.32 Å². The second kappa shape index (κ2) is 6.00. The summed E-state index contributed by atoms with van der Waals surface area (Å²) in [6.07, 6.45) is -0.794. The number of carboxylic acids is 1. The van der Waals surface area contributed by atoms with Gasteiger partial charge in [-0.15, -0.1) is 0 Å². The van der Waals surface area contributed by atoms with Gasteiger partial charge in [-0.05, 0) is 12.5 Å². The Hall–Kier alpha value is -1.88. The van der Waals surface area contributed by atoms with E-state index in [4.69, 9.17) is 9.84 Å². The molecule has 0 aromatic heterocycles. The van der Waals surface area contributed by atoms with Crippen LogP contribution in [0.3, 0.4) is 0 Å². The molecule has 0 aliphatic carbocycles. The van der Waals surface area contributed by atoms with Crippen LogP contribution in [0.25, 0.3) is 0 Å². The molecule has 0 unspecified atom stereocenters. The number of carboxylic acid groups (broad SMARTS) is 1. The van der Waals surface area contributed by atoms with Crippen LogP contribution in [0.4, 0.5) is 0 Å². The van der Waals surface area contributed by atoms with Crippen LogP contribution in [-0.2, 0) is 14.3 Å². The lowest BCUT2D eigenvalue weighted by atomic mass is 10.1. The summed E-state index contributed by atoms with van der Waals surface area (Å²) in [6, 6.07) is 7.96. The number of hydrogen-bond acceptors (Lipinski definition) is 3. The number of nitrogens with one attached hydrogen (secondary N) is 1. The third-order valence-corrected chi connectivity index (χ3v) is 2.31. The van der Waals surface area contributed by atoms with Gasteiger partial charge >= 0.3 is 5.97 Å². The van der Waals surface area contributed by atoms with Crippen LogP contribution in [0.15, 0.2) is 30.3 Å². The van der Waals surface area contributed by atoms with Crippen molar-refractivity contribution < 1.29 is 19.4 Å². The topological polar surface area (TPSA) is 75.6 Å². The van der Waals surface area contributed by atoms with E-state index in [-0.39, 0.29) is 0 Å². The molecule has 0 aliphatic rings. The molecule has 1 aromatic rings. The van der Waals surface area contributed by atoms with Gasteiger partial charge in [0, 0.05) is 7.11 Å². The molecule has 0 saturated carbocycles. The Labute approximate surface area is 99.4 Å². The van der Waals surface area contributed by atoms with Gasteiger partial charge in [0.1, 0.15) is 6.04 Å². The first-order valence-electron chi connectivity index (χ1n) is 5.17. The Balaban J connectivity index is 2.75. The molecule has 0 saturated heterocycles. The lowest BCUT2D eigenvalue weighted by Gasteiger charge is -2.17. The SMILES string of the molecule is CO[C@@H](C(=O)N[C@@H](C)C(=O)O)c1ccccc1. The number of hydrogen-bond donors (Lipinski definition) is 2. The fourth-order valence-corrected chi connectivity index (χ4v) is 1.37. The Bertz CT molecular complexity index is 391. The summed E-state index contributed by atoms with van der Waals surface area (Å²) >= 11 is 0. The van der Waals surface area contributed by atoms with Crippen LogP contribution in [0, 0.1) is 0 Å². The van der Waals surface area contributed by atoms with Crippen molar-refractivity contribution in [3.05, 3.63) is 35.9 Å². The Morgan fingerprint density at radius 1 is 1.29 bits per heavy atom. The number of rotatable bonds is 5. The van der Waals surface area contributed by atoms with Crippen molar-refractivity contribution in [3.63, 3.8) is 0 Å². The molecule has 2 atom stereocenters. The summed E-state index contributed by atoms with van der Waals surface area (Å²) in [5.74, 6) is -1.55. The molecule has 0 aliphatic heterocycles. The first-order valence-corrected chi connectivity index (χ1v) is 5.17. The maximum Gasteiger partial charge on any atom is 0.325 e. The Morgan fingerprint density at radius 2 is 1.88 bits per heavy atom. The molecule has 0 radical (unpaired) electrons. The van der Waals surface area contributed by atoms with Gasteiger partial charge in [0.25, 0.3) is 5.91 Å². The normalized spacial score (nSPS) is 13.8. The van der Waals surface area contributed by atoms with E-state index in [0.717, 1.165) is 0 Å². The van der Waals surface area contributed by atoms with Crippen molar-refractivity contribution in [2.75, 3.05) is 7.11 Å². The number of methoxy groups -OCH3 is 1. The molecule has 5 heteroatoms. The zero-order valence-electron chi connectivity index (χ0n) is 9.71. The second-order valence-corrected chi connectivity index (χ2v) is 3.59. The van der Waals surface area contributed by atoms with Gasteiger partial charge in [-0.25, -0.2) is 0 Å². The summed E-state index contributed by atoms with van der Waals surface area (Å²) in [4.78, 5) is 22.4. The summed E-state index contributed by atoms with van der Waals surface area (Å²) in [7, 11) is 1.41. The molecule has 92 valence electrons. The number of carbonyl (C=O) groups excluding carboxylic acids is 1. The Kier molecular flexibility index (Phi) is 4.66. The molecular formula is C12H15NO4. The van der Waals surface area contributed by atoms with Crippen molar-refractivity contribution in [2.24, 2.45) is 0 Å². The lowest BCUT2D eigenvalue weighted by molar-refractivity contribution is -0.143. The largest absolute Gasteiger partial charge is 0.480 e. The molecule has 0 bridgehead atoms. The predicted octanol–water partition coefficient (Wildman–Crippen LogP) is 0.963. The van der Waals surface area contributed by atoms with Crippen LogP contribution >= 0.6 is 0 Å². The lowest BCUT2D eigenvalue weighted by Crippen LogP contribution is -2.41. The van der Waals surface area contributed by atoms with Gasteiger partial charge in [-0.1, -0.05) is 30.3 Å². The van der Waals surface area contributed by atoms with Gasteiger partial charge in [-0.3, -0.25) is 9.59 Å². The van der Waals surface area contributed by atoms with Crippen LogP contribution in [0.5, 0.6) is 0 Å².